The molecule has 0 saturated heterocycles. The molecule has 5 rings (SSSR count). The number of halogens is 1. The summed E-state index contributed by atoms with van der Waals surface area (Å²) >= 11 is 3.66. The van der Waals surface area contributed by atoms with E-state index >= 15 is 0 Å². The van der Waals surface area contributed by atoms with Gasteiger partial charge in [-0.2, -0.15) is 5.10 Å². The third kappa shape index (κ3) is 8.38. The van der Waals surface area contributed by atoms with Crippen molar-refractivity contribution < 1.29 is 18.7 Å². The second-order valence-electron chi connectivity index (χ2n) is 15.5. The minimum atomic E-state index is -1.86. The van der Waals surface area contributed by atoms with E-state index in [9.17, 15) is 4.79 Å². The number of hydrogen-bond acceptors (Lipinski definition) is 7. The summed E-state index contributed by atoms with van der Waals surface area (Å²) in [5, 5.41) is 9.76. The SMILES string of the molecule is CCOC(=O)c1ccc2c(c1)nc(Nc1nn(COCC[Si](C)(C)C)c3ccc(Br)cc13)n2C1CCC(O[Si](C)(C)C(C)(C)C)CC1. The molecule has 1 N–H and O–H groups in total. The van der Waals surface area contributed by atoms with Crippen molar-refractivity contribution in [1.82, 2.24) is 19.3 Å². The summed E-state index contributed by atoms with van der Waals surface area (Å²) in [5.74, 6) is 1.08. The first-order valence-electron chi connectivity index (χ1n) is 16.9. The van der Waals surface area contributed by atoms with Gasteiger partial charge in [0.05, 0.1) is 28.7 Å². The third-order valence-electron chi connectivity index (χ3n) is 9.63. The van der Waals surface area contributed by atoms with Crippen LogP contribution in [0.25, 0.3) is 21.9 Å². The van der Waals surface area contributed by atoms with Gasteiger partial charge in [0.25, 0.3) is 0 Å². The molecule has 2 heterocycles. The number of nitrogens with zero attached hydrogens (tertiary/aromatic N) is 4. The van der Waals surface area contributed by atoms with Crippen LogP contribution in [0.1, 0.15) is 69.8 Å². The Kier molecular flexibility index (Phi) is 10.8. The average molecular weight is 743 g/mol. The first-order chi connectivity index (χ1) is 22.1. The van der Waals surface area contributed by atoms with Gasteiger partial charge in [0.15, 0.2) is 14.1 Å². The van der Waals surface area contributed by atoms with Crippen molar-refractivity contribution in [3.8, 4) is 0 Å². The van der Waals surface area contributed by atoms with Crippen LogP contribution >= 0.6 is 15.9 Å². The first kappa shape index (κ1) is 35.8. The standard InChI is InChI=1S/C35H52BrN5O4Si2/c1-10-44-33(42)24-11-17-31-29(21-24)37-34(41(31)26-13-15-27(16-14-26)45-47(8,9)35(2,3)4)38-32-28-22-25(36)12-18-30(28)40(39-32)23-43-19-20-46(5,6)7/h11-12,17-18,21-22,26-27H,10,13-16,19-20,23H2,1-9H3,(H,37,38,39). The summed E-state index contributed by atoms with van der Waals surface area (Å²) in [4.78, 5) is 17.7. The average Bonchev–Trinajstić information content (AvgIpc) is 3.51. The molecule has 0 amide bonds. The maximum Gasteiger partial charge on any atom is 0.338 e. The zero-order chi connectivity index (χ0) is 34.1. The number of ether oxygens (including phenoxy) is 2. The van der Waals surface area contributed by atoms with Crippen molar-refractivity contribution in [3.05, 3.63) is 46.4 Å². The van der Waals surface area contributed by atoms with E-state index in [0.717, 1.165) is 64.7 Å². The Labute approximate surface area is 290 Å². The van der Waals surface area contributed by atoms with Crippen LogP contribution in [-0.4, -0.2) is 61.0 Å². The number of benzene rings is 2. The molecule has 2 aromatic heterocycles. The van der Waals surface area contributed by atoms with Gasteiger partial charge in [-0.1, -0.05) is 56.3 Å². The highest BCUT2D eigenvalue weighted by molar-refractivity contribution is 9.10. The smallest absolute Gasteiger partial charge is 0.338 e. The molecule has 0 radical (unpaired) electrons. The Morgan fingerprint density at radius 2 is 1.72 bits per heavy atom. The molecule has 0 atom stereocenters. The lowest BCUT2D eigenvalue weighted by Crippen LogP contribution is -2.44. The molecule has 1 aliphatic carbocycles. The number of anilines is 2. The number of carbonyl (C=O) groups is 1. The van der Waals surface area contributed by atoms with E-state index in [1.165, 1.54) is 0 Å². The number of nitrogens with one attached hydrogen (secondary N) is 1. The molecule has 0 aliphatic heterocycles. The number of imidazole rings is 1. The fourth-order valence-electron chi connectivity index (χ4n) is 5.89. The van der Waals surface area contributed by atoms with Crippen LogP contribution in [0.3, 0.4) is 0 Å². The van der Waals surface area contributed by atoms with Gasteiger partial charge in [-0.05, 0) is 93.2 Å². The molecule has 12 heteroatoms. The first-order valence-corrected chi connectivity index (χ1v) is 24.3. The van der Waals surface area contributed by atoms with Gasteiger partial charge in [-0.25, -0.2) is 14.5 Å². The number of rotatable bonds is 12. The van der Waals surface area contributed by atoms with E-state index < -0.39 is 16.4 Å². The number of hydrogen-bond donors (Lipinski definition) is 1. The molecule has 47 heavy (non-hydrogen) atoms. The molecule has 1 aliphatic rings. The Morgan fingerprint density at radius 3 is 2.38 bits per heavy atom. The topological polar surface area (TPSA) is 92.4 Å². The van der Waals surface area contributed by atoms with Gasteiger partial charge in [0.1, 0.15) is 6.73 Å². The molecule has 1 fully saturated rings. The van der Waals surface area contributed by atoms with E-state index in [1.54, 1.807) is 0 Å². The lowest BCUT2D eigenvalue weighted by atomic mass is 9.93. The van der Waals surface area contributed by atoms with E-state index in [1.807, 2.05) is 35.9 Å². The second kappa shape index (κ2) is 14.1. The molecular weight excluding hydrogens is 690 g/mol. The summed E-state index contributed by atoms with van der Waals surface area (Å²) in [7, 11) is -3.06. The van der Waals surface area contributed by atoms with Crippen molar-refractivity contribution in [1.29, 1.82) is 0 Å². The van der Waals surface area contributed by atoms with Crippen LogP contribution in [-0.2, 0) is 20.6 Å². The van der Waals surface area contributed by atoms with Crippen LogP contribution in [0.5, 0.6) is 0 Å². The molecule has 1 saturated carbocycles. The second-order valence-corrected chi connectivity index (χ2v) is 26.8. The minimum Gasteiger partial charge on any atom is -0.462 e. The predicted octanol–water partition coefficient (Wildman–Crippen LogP) is 9.89. The fourth-order valence-corrected chi connectivity index (χ4v) is 8.43. The van der Waals surface area contributed by atoms with Gasteiger partial charge < -0.3 is 23.8 Å². The highest BCUT2D eigenvalue weighted by atomic mass is 79.9. The number of aromatic nitrogens is 4. The number of esters is 1. The van der Waals surface area contributed by atoms with Crippen LogP contribution in [0, 0.1) is 0 Å². The normalized spacial score (nSPS) is 17.8. The lowest BCUT2D eigenvalue weighted by Gasteiger charge is -2.41. The van der Waals surface area contributed by atoms with Gasteiger partial charge in [-0.3, -0.25) is 0 Å². The summed E-state index contributed by atoms with van der Waals surface area (Å²) in [6, 6.07) is 13.2. The summed E-state index contributed by atoms with van der Waals surface area (Å²) in [5.41, 5.74) is 3.21. The largest absolute Gasteiger partial charge is 0.462 e. The summed E-state index contributed by atoms with van der Waals surface area (Å²) in [6.07, 6.45) is 4.22. The number of carbonyl (C=O) groups excluding carboxylic acids is 1. The quantitative estimate of drug-likeness (QED) is 0.0878. The number of fused-ring (bicyclic) bond motifs is 2. The molecule has 9 nitrogen and oxygen atoms in total. The Balaban J connectivity index is 1.47. The van der Waals surface area contributed by atoms with Gasteiger partial charge in [0, 0.05) is 36.7 Å². The van der Waals surface area contributed by atoms with Crippen molar-refractivity contribution in [2.45, 2.75) is 116 Å². The zero-order valence-electron chi connectivity index (χ0n) is 29.6. The molecular formula is C35H52BrN5O4Si2. The monoisotopic (exact) mass is 741 g/mol. The highest BCUT2D eigenvalue weighted by Gasteiger charge is 2.40. The van der Waals surface area contributed by atoms with E-state index in [2.05, 4.69) is 91.5 Å². The Morgan fingerprint density at radius 1 is 1.02 bits per heavy atom. The van der Waals surface area contributed by atoms with Crippen LogP contribution < -0.4 is 5.32 Å². The Bertz CT molecular complexity index is 1710. The molecule has 0 unspecified atom stereocenters. The van der Waals surface area contributed by atoms with Crippen molar-refractivity contribution in [2.24, 2.45) is 0 Å². The summed E-state index contributed by atoms with van der Waals surface area (Å²) < 4.78 is 23.4. The molecule has 2 aromatic carbocycles. The maximum atomic E-state index is 12.6. The van der Waals surface area contributed by atoms with Crippen LogP contribution in [0.2, 0.25) is 43.8 Å². The van der Waals surface area contributed by atoms with Crippen molar-refractivity contribution in [2.75, 3.05) is 18.5 Å². The van der Waals surface area contributed by atoms with Gasteiger partial charge >= 0.3 is 5.97 Å². The van der Waals surface area contributed by atoms with Crippen LogP contribution in [0.15, 0.2) is 40.9 Å². The van der Waals surface area contributed by atoms with Gasteiger partial charge in [-0.15, -0.1) is 0 Å². The lowest BCUT2D eigenvalue weighted by molar-refractivity contribution is 0.0526. The highest BCUT2D eigenvalue weighted by Crippen LogP contribution is 2.42. The summed E-state index contributed by atoms with van der Waals surface area (Å²) in [6.45, 7) is 21.9. The molecule has 0 spiro atoms. The van der Waals surface area contributed by atoms with Gasteiger partial charge in [0.2, 0.25) is 5.95 Å². The van der Waals surface area contributed by atoms with Crippen molar-refractivity contribution >= 4 is 72.0 Å². The zero-order valence-corrected chi connectivity index (χ0v) is 33.2. The van der Waals surface area contributed by atoms with Crippen molar-refractivity contribution in [3.63, 3.8) is 0 Å². The molecule has 0 bridgehead atoms. The van der Waals surface area contributed by atoms with Crippen LogP contribution in [0.4, 0.5) is 11.8 Å². The maximum absolute atomic E-state index is 12.6. The molecule has 256 valence electrons. The Hall–Kier alpha value is -2.52. The minimum absolute atomic E-state index is 0.179. The molecule has 4 aromatic rings. The third-order valence-corrected chi connectivity index (χ3v) is 16.4. The van der Waals surface area contributed by atoms with E-state index in [4.69, 9.17) is 24.0 Å². The fraction of sp³-hybridized carbons (Fsp3) is 0.571. The van der Waals surface area contributed by atoms with E-state index in [0.29, 0.717) is 30.7 Å². The predicted molar refractivity (Wildman–Crippen MR) is 200 cm³/mol. The van der Waals surface area contributed by atoms with E-state index in [-0.39, 0.29) is 23.2 Å².